The van der Waals surface area contributed by atoms with Crippen LogP contribution in [-0.2, 0) is 11.0 Å². The first kappa shape index (κ1) is 94.0. The van der Waals surface area contributed by atoms with Crippen molar-refractivity contribution in [3.05, 3.63) is 196 Å². The molecule has 2 aromatic heterocycles. The Labute approximate surface area is 680 Å². The Morgan fingerprint density at radius 1 is 0.556 bits per heavy atom. The summed E-state index contributed by atoms with van der Waals surface area (Å²) in [5, 5.41) is 11.5. The highest BCUT2D eigenvalue weighted by Gasteiger charge is 2.32. The number of piperidine rings is 4. The van der Waals surface area contributed by atoms with E-state index in [-0.39, 0.29) is 96.6 Å². The van der Waals surface area contributed by atoms with E-state index >= 15 is 0 Å². The number of nitrogens with one attached hydrogen (secondary N) is 5. The topological polar surface area (TPSA) is 368 Å². The lowest BCUT2D eigenvalue weighted by Gasteiger charge is -2.41. The van der Waals surface area contributed by atoms with Crippen LogP contribution in [0.15, 0.2) is 158 Å². The van der Waals surface area contributed by atoms with Crippen molar-refractivity contribution in [2.75, 3.05) is 90.5 Å². The molecule has 2 atom stereocenters. The van der Waals surface area contributed by atoms with Crippen LogP contribution < -0.4 is 40.7 Å². The number of amides is 4. The molecule has 0 radical (unpaired) electrons. The van der Waals surface area contributed by atoms with Crippen molar-refractivity contribution < 1.29 is 68.7 Å². The summed E-state index contributed by atoms with van der Waals surface area (Å²) in [6.07, 6.45) is 13.8. The fourth-order valence-corrected chi connectivity index (χ4v) is 15.7. The summed E-state index contributed by atoms with van der Waals surface area (Å²) < 4.78 is 33.2. The molecule has 15 N–H and O–H groups in total. The molecule has 23 nitrogen and oxygen atoms in total. The number of pyridine rings is 2. The third-order valence-corrected chi connectivity index (χ3v) is 23.3. The number of benzene rings is 6. The van der Waals surface area contributed by atoms with Crippen molar-refractivity contribution in [2.45, 2.75) is 118 Å². The van der Waals surface area contributed by atoms with Crippen molar-refractivity contribution in [2.24, 2.45) is 5.92 Å². The van der Waals surface area contributed by atoms with E-state index < -0.39 is 11.0 Å². The number of H-pyrrole nitrogens is 2. The van der Waals surface area contributed by atoms with Crippen LogP contribution in [0, 0.1) is 5.92 Å². The van der Waals surface area contributed by atoms with Crippen LogP contribution in [0.25, 0.3) is 21.5 Å². The van der Waals surface area contributed by atoms with Gasteiger partial charge in [0.25, 0.3) is 22.9 Å². The minimum absolute atomic E-state index is 0. The molecule has 6 aromatic carbocycles. The fourth-order valence-electron chi connectivity index (χ4n) is 12.9. The van der Waals surface area contributed by atoms with Gasteiger partial charge >= 0.3 is 6.03 Å². The average Bonchev–Trinajstić information content (AvgIpc) is 0.794. The van der Waals surface area contributed by atoms with Gasteiger partial charge in [-0.05, 0) is 155 Å². The third-order valence-electron chi connectivity index (χ3n) is 18.4. The first-order chi connectivity index (χ1) is 49.3. The van der Waals surface area contributed by atoms with E-state index in [9.17, 15) is 28.2 Å². The molecule has 4 saturated heterocycles. The maximum atomic E-state index is 12.9. The molecular formula is C76H111Cl6N9O14S3. The van der Waals surface area contributed by atoms with E-state index in [4.69, 9.17) is 83.8 Å². The van der Waals surface area contributed by atoms with Gasteiger partial charge in [0.1, 0.15) is 35.6 Å². The van der Waals surface area contributed by atoms with Crippen LogP contribution in [0.5, 0.6) is 17.2 Å². The molecule has 32 heteroatoms. The number of carbonyl (C=O) groups is 3. The second-order valence-corrected chi connectivity index (χ2v) is 31.5. The molecule has 4 amide bonds. The lowest BCUT2D eigenvalue weighted by molar-refractivity contribution is 0.0540. The number of ether oxygens (including phenoxy) is 3. The van der Waals surface area contributed by atoms with Gasteiger partial charge < -0.3 is 76.9 Å². The van der Waals surface area contributed by atoms with Crippen molar-refractivity contribution in [3.63, 3.8) is 0 Å². The Morgan fingerprint density at radius 3 is 1.46 bits per heavy atom. The Balaban J connectivity index is -0.00000154. The SMILES string of the molecule is C.CCSc1ccc2c(C(=O)NCCCN3CCC(Oc4ccc(Cl)c(Cl)c4)CC3)c[nH]c(=O)c2c1.CSc1ccc2c(C(=O)NC[C@@H](C)CN3CCC(Oc4ccc(Cl)c(Cl)c4)CC3)c[nH]c(=O)c2c1.O.O.O.O.O.O=C(NS(=O)c1ccccc1)N1CCC(N2CCC(Oc3ccc(Cl)c(Cl)c3)CC2)CC1.[HH].[HH].[HH].[HH].[HH].[HH]. The molecule has 4 fully saturated rings. The maximum absolute atomic E-state index is 12.9. The Kier molecular flexibility index (Phi) is 40.4. The van der Waals surface area contributed by atoms with E-state index in [1.165, 1.54) is 12.4 Å². The number of halogens is 6. The highest BCUT2D eigenvalue weighted by molar-refractivity contribution is 7.99. The predicted molar refractivity (Wildman–Crippen MR) is 454 cm³/mol. The van der Waals surface area contributed by atoms with Crippen LogP contribution >= 0.6 is 93.1 Å². The number of urea groups is 1. The van der Waals surface area contributed by atoms with Crippen LogP contribution in [0.1, 0.15) is 108 Å². The van der Waals surface area contributed by atoms with Crippen LogP contribution in [0.3, 0.4) is 0 Å². The van der Waals surface area contributed by atoms with Crippen LogP contribution in [-0.4, -0.2) is 194 Å². The van der Waals surface area contributed by atoms with Crippen molar-refractivity contribution in [3.8, 4) is 17.2 Å². The first-order valence-electron chi connectivity index (χ1n) is 34.4. The molecule has 0 saturated carbocycles. The van der Waals surface area contributed by atoms with Gasteiger partial charge in [0.05, 0.1) is 46.2 Å². The molecule has 6 heterocycles. The number of aromatic amines is 2. The summed E-state index contributed by atoms with van der Waals surface area (Å²) in [6, 6.07) is 36.5. The summed E-state index contributed by atoms with van der Waals surface area (Å²) in [7, 11) is -1.53. The minimum atomic E-state index is -1.53. The number of nitrogens with zero attached hydrogens (tertiary/aromatic N) is 4. The molecule has 0 spiro atoms. The average molecular weight is 1680 g/mol. The van der Waals surface area contributed by atoms with Gasteiger partial charge in [-0.1, -0.05) is 121 Å². The normalized spacial score (nSPS) is 15.7. The monoisotopic (exact) mass is 1680 g/mol. The first-order valence-corrected chi connectivity index (χ1v) is 40.0. The summed E-state index contributed by atoms with van der Waals surface area (Å²) in [5.41, 5.74) is 0.613. The van der Waals surface area contributed by atoms with Crippen molar-refractivity contribution in [1.82, 2.24) is 44.9 Å². The smallest absolute Gasteiger partial charge is 0.329 e. The van der Waals surface area contributed by atoms with Crippen molar-refractivity contribution in [1.29, 1.82) is 0 Å². The van der Waals surface area contributed by atoms with Gasteiger partial charge in [-0.3, -0.25) is 28.8 Å². The highest BCUT2D eigenvalue weighted by atomic mass is 35.5. The second kappa shape index (κ2) is 46.5. The molecular weight excluding hydrogens is 1570 g/mol. The largest absolute Gasteiger partial charge is 0.490 e. The third kappa shape index (κ3) is 26.9. The quantitative estimate of drug-likeness (QED) is 0.0311. The summed E-state index contributed by atoms with van der Waals surface area (Å²) in [4.78, 5) is 79.8. The number of carbonyl (C=O) groups excluding carboxylic acids is 3. The number of hydrogen-bond acceptors (Lipinski definition) is 14. The zero-order valence-corrected chi connectivity index (χ0v) is 66.6. The van der Waals surface area contributed by atoms with Gasteiger partial charge in [0, 0.05) is 149 Å². The molecule has 4 aliphatic rings. The molecule has 0 aliphatic carbocycles. The minimum Gasteiger partial charge on any atom is -0.490 e. The van der Waals surface area contributed by atoms with Crippen molar-refractivity contribution >= 4 is 144 Å². The molecule has 1 unspecified atom stereocenters. The Morgan fingerprint density at radius 2 is 1.00 bits per heavy atom. The number of fused-ring (bicyclic) bond motifs is 2. The summed E-state index contributed by atoms with van der Waals surface area (Å²) in [5.74, 6) is 3.10. The standard InChI is InChI=1S/2C26H29Cl2N3O3S.C23H27Cl2N3O3S.CH4.5H2O.6H2/c1-16(15-31-9-7-17(8-10-31)34-18-3-6-23(27)24(28)11-18)13-29-26(33)22-14-30-25(32)21-12-19(35-2)4-5-20(21)22;1-2-35-19-5-6-20-21(15-19)25(32)30-16-22(20)26(33)29-10-3-11-31-12-8-17(9-13-31)34-18-4-7-23(27)24(28)14-18;24-21-7-6-19(16-22(21)25)31-18-10-14-27(15-11-18)17-8-12-28(13-9-17)23(29)26-32(30)20-4-2-1-3-5-20;;;;;;;;;;;;/h3-6,11-12,14,16-17H,7-10,13,15H2,1-2H3,(H,29,33)(H,30,32);4-7,14-17H,2-3,8-13H2,1H3,(H,29,33)(H,30,32);1-7,16-18H,8-15H2,(H,26,29);1H4;5*1H2;6*1H/t16-;;;;;;;;;;;;;;/m1............../s1. The molecule has 604 valence electrons. The molecule has 12 rings (SSSR count). The van der Waals surface area contributed by atoms with E-state index in [2.05, 4.69) is 53.9 Å². The van der Waals surface area contributed by atoms with E-state index in [0.717, 1.165) is 143 Å². The zero-order valence-electron chi connectivity index (χ0n) is 59.6. The lowest BCUT2D eigenvalue weighted by Crippen LogP contribution is -2.51. The molecule has 8 aromatic rings. The number of likely N-dealkylation sites (tertiary alicyclic amines) is 4. The van der Waals surface area contributed by atoms with Gasteiger partial charge in [0.15, 0.2) is 11.0 Å². The molecule has 0 bridgehead atoms. The van der Waals surface area contributed by atoms with E-state index in [0.29, 0.717) is 99.9 Å². The van der Waals surface area contributed by atoms with Gasteiger partial charge in [-0.25, -0.2) is 9.00 Å². The number of rotatable bonds is 22. The Hall–Kier alpha value is -6.38. The maximum Gasteiger partial charge on any atom is 0.329 e. The molecule has 4 aliphatic heterocycles. The number of hydrogen-bond donors (Lipinski definition) is 5. The second-order valence-electron chi connectivity index (χ2n) is 25.6. The van der Waals surface area contributed by atoms with Gasteiger partial charge in [-0.15, -0.1) is 23.5 Å². The number of aromatic nitrogens is 2. The van der Waals surface area contributed by atoms with Crippen LogP contribution in [0.4, 0.5) is 4.79 Å². The van der Waals surface area contributed by atoms with Gasteiger partial charge in [-0.2, -0.15) is 0 Å². The van der Waals surface area contributed by atoms with E-state index in [1.54, 1.807) is 77.0 Å². The number of thioether (sulfide) groups is 2. The lowest BCUT2D eigenvalue weighted by atomic mass is 9.99. The fraction of sp³-hybridized carbons (Fsp3) is 0.408. The highest BCUT2D eigenvalue weighted by Crippen LogP contribution is 2.33. The summed E-state index contributed by atoms with van der Waals surface area (Å²) in [6.45, 7) is 14.2. The van der Waals surface area contributed by atoms with Crippen LogP contribution in [0.2, 0.25) is 30.1 Å². The Bertz CT molecular complexity index is 4350. The van der Waals surface area contributed by atoms with E-state index in [1.807, 2.05) is 79.1 Å². The predicted octanol–water partition coefficient (Wildman–Crippen LogP) is 13.8. The summed E-state index contributed by atoms with van der Waals surface area (Å²) >= 11 is 39.4. The van der Waals surface area contributed by atoms with Gasteiger partial charge in [0.2, 0.25) is 0 Å². The molecule has 108 heavy (non-hydrogen) atoms. The zero-order chi connectivity index (χ0) is 72.2.